The number of hydrogen-bond acceptors (Lipinski definition) is 4. The maximum atomic E-state index is 12.7. The van der Waals surface area contributed by atoms with Crippen LogP contribution in [0, 0.1) is 5.92 Å². The summed E-state index contributed by atoms with van der Waals surface area (Å²) in [4.78, 5) is 21.4. The van der Waals surface area contributed by atoms with Crippen LogP contribution in [-0.4, -0.2) is 70.2 Å². The molecule has 6 heteroatoms. The molecule has 6 nitrogen and oxygen atoms in total. The van der Waals surface area contributed by atoms with Crippen molar-refractivity contribution in [3.05, 3.63) is 18.2 Å². The normalized spacial score (nSPS) is 31.2. The van der Waals surface area contributed by atoms with Gasteiger partial charge in [0.15, 0.2) is 0 Å². The third-order valence-corrected chi connectivity index (χ3v) is 5.75. The molecule has 0 N–H and O–H groups in total. The van der Waals surface area contributed by atoms with Crippen LogP contribution in [0.4, 0.5) is 0 Å². The van der Waals surface area contributed by atoms with Gasteiger partial charge in [0.05, 0.1) is 25.1 Å². The number of hydrogen-bond donors (Lipinski definition) is 0. The SMILES string of the molecule is Cn1cnc(C(=O)N2CCC[C@@]3(C[C@@H](CN4CCCC4)CO3)C2)c1. The van der Waals surface area contributed by atoms with E-state index < -0.39 is 0 Å². The van der Waals surface area contributed by atoms with Crippen molar-refractivity contribution in [3.63, 3.8) is 0 Å². The standard InChI is InChI=1S/C18H28N4O2/c1-20-11-16(19-14-20)17(23)22-8-4-5-18(13-22)9-15(12-24-18)10-21-6-2-3-7-21/h11,14-15H,2-10,12-13H2,1H3/t15-,18+/m0/s1. The summed E-state index contributed by atoms with van der Waals surface area (Å²) in [6.45, 7) is 6.04. The molecule has 2 atom stereocenters. The molecule has 3 saturated heterocycles. The predicted octanol–water partition coefficient (Wildman–Crippen LogP) is 1.53. The molecule has 3 aliphatic rings. The topological polar surface area (TPSA) is 50.6 Å². The van der Waals surface area contributed by atoms with E-state index in [4.69, 9.17) is 4.74 Å². The number of imidazole rings is 1. The number of amides is 1. The number of likely N-dealkylation sites (tertiary alicyclic amines) is 2. The molecule has 4 rings (SSSR count). The zero-order valence-electron chi connectivity index (χ0n) is 14.6. The summed E-state index contributed by atoms with van der Waals surface area (Å²) >= 11 is 0. The number of piperidine rings is 1. The molecule has 132 valence electrons. The molecule has 0 radical (unpaired) electrons. The van der Waals surface area contributed by atoms with Gasteiger partial charge >= 0.3 is 0 Å². The molecule has 1 aromatic heterocycles. The fourth-order valence-electron chi connectivity index (χ4n) is 4.63. The third-order valence-electron chi connectivity index (χ3n) is 5.75. The lowest BCUT2D eigenvalue weighted by molar-refractivity contribution is -0.0451. The minimum absolute atomic E-state index is 0.0428. The van der Waals surface area contributed by atoms with Gasteiger partial charge in [0, 0.05) is 26.3 Å². The van der Waals surface area contributed by atoms with Gasteiger partial charge in [-0.3, -0.25) is 4.79 Å². The Balaban J connectivity index is 1.38. The second-order valence-corrected chi connectivity index (χ2v) is 7.83. The van der Waals surface area contributed by atoms with E-state index in [-0.39, 0.29) is 11.5 Å². The summed E-state index contributed by atoms with van der Waals surface area (Å²) in [6.07, 6.45) is 9.36. The second kappa shape index (κ2) is 6.48. The quantitative estimate of drug-likeness (QED) is 0.842. The highest BCUT2D eigenvalue weighted by molar-refractivity contribution is 5.92. The highest BCUT2D eigenvalue weighted by Crippen LogP contribution is 2.38. The van der Waals surface area contributed by atoms with E-state index in [9.17, 15) is 4.79 Å². The number of aryl methyl sites for hydroxylation is 1. The molecule has 24 heavy (non-hydrogen) atoms. The van der Waals surface area contributed by atoms with Crippen molar-refractivity contribution in [2.45, 2.75) is 37.7 Å². The monoisotopic (exact) mass is 332 g/mol. The molecule has 0 saturated carbocycles. The van der Waals surface area contributed by atoms with E-state index in [2.05, 4.69) is 9.88 Å². The molecule has 4 heterocycles. The van der Waals surface area contributed by atoms with Gasteiger partial charge in [0.1, 0.15) is 5.69 Å². The van der Waals surface area contributed by atoms with E-state index in [1.807, 2.05) is 16.5 Å². The van der Waals surface area contributed by atoms with Crippen LogP contribution in [-0.2, 0) is 11.8 Å². The van der Waals surface area contributed by atoms with Gasteiger partial charge in [-0.25, -0.2) is 4.98 Å². The van der Waals surface area contributed by atoms with Crippen molar-refractivity contribution in [2.75, 3.05) is 39.3 Å². The van der Waals surface area contributed by atoms with Crippen molar-refractivity contribution < 1.29 is 9.53 Å². The van der Waals surface area contributed by atoms with Crippen LogP contribution >= 0.6 is 0 Å². The Morgan fingerprint density at radius 1 is 1.33 bits per heavy atom. The fourth-order valence-corrected chi connectivity index (χ4v) is 4.63. The lowest BCUT2D eigenvalue weighted by Crippen LogP contribution is -2.50. The number of carbonyl (C=O) groups is 1. The minimum atomic E-state index is -0.118. The Morgan fingerprint density at radius 3 is 2.92 bits per heavy atom. The molecular weight excluding hydrogens is 304 g/mol. The fraction of sp³-hybridized carbons (Fsp3) is 0.778. The van der Waals surface area contributed by atoms with Crippen molar-refractivity contribution in [3.8, 4) is 0 Å². The summed E-state index contributed by atoms with van der Waals surface area (Å²) in [5, 5.41) is 0. The number of rotatable bonds is 3. The molecule has 1 spiro atoms. The van der Waals surface area contributed by atoms with Gasteiger partial charge in [-0.05, 0) is 51.1 Å². The Kier molecular flexibility index (Phi) is 4.35. The minimum Gasteiger partial charge on any atom is -0.373 e. The molecule has 3 aliphatic heterocycles. The maximum absolute atomic E-state index is 12.7. The largest absolute Gasteiger partial charge is 0.373 e. The van der Waals surface area contributed by atoms with E-state index in [1.54, 1.807) is 12.5 Å². The Morgan fingerprint density at radius 2 is 2.17 bits per heavy atom. The van der Waals surface area contributed by atoms with Gasteiger partial charge in [-0.2, -0.15) is 0 Å². The Labute approximate surface area is 143 Å². The summed E-state index contributed by atoms with van der Waals surface area (Å²) < 4.78 is 8.10. The average molecular weight is 332 g/mol. The van der Waals surface area contributed by atoms with Crippen molar-refractivity contribution in [1.82, 2.24) is 19.4 Å². The van der Waals surface area contributed by atoms with Crippen LogP contribution in [0.2, 0.25) is 0 Å². The molecule has 1 aromatic rings. The van der Waals surface area contributed by atoms with E-state index in [0.29, 0.717) is 11.6 Å². The Hall–Kier alpha value is -1.40. The van der Waals surface area contributed by atoms with E-state index in [0.717, 1.165) is 45.5 Å². The highest BCUT2D eigenvalue weighted by atomic mass is 16.5. The molecule has 3 fully saturated rings. The van der Waals surface area contributed by atoms with Crippen LogP contribution in [0.1, 0.15) is 42.6 Å². The molecule has 0 unspecified atom stereocenters. The van der Waals surface area contributed by atoms with Crippen molar-refractivity contribution in [2.24, 2.45) is 13.0 Å². The first kappa shape index (κ1) is 16.1. The Bertz CT molecular complexity index is 596. The summed E-state index contributed by atoms with van der Waals surface area (Å²) in [5.74, 6) is 0.661. The molecular formula is C18H28N4O2. The van der Waals surface area contributed by atoms with Crippen LogP contribution in [0.3, 0.4) is 0 Å². The van der Waals surface area contributed by atoms with Gasteiger partial charge in [-0.1, -0.05) is 0 Å². The van der Waals surface area contributed by atoms with Crippen molar-refractivity contribution in [1.29, 1.82) is 0 Å². The first-order chi connectivity index (χ1) is 11.6. The first-order valence-corrected chi connectivity index (χ1v) is 9.27. The zero-order chi connectivity index (χ0) is 16.6. The molecule has 1 amide bonds. The van der Waals surface area contributed by atoms with Gasteiger partial charge in [0.25, 0.3) is 5.91 Å². The maximum Gasteiger partial charge on any atom is 0.274 e. The molecule has 0 bridgehead atoms. The van der Waals surface area contributed by atoms with Crippen molar-refractivity contribution >= 4 is 5.91 Å². The predicted molar refractivity (Wildman–Crippen MR) is 90.8 cm³/mol. The number of carbonyl (C=O) groups excluding carboxylic acids is 1. The van der Waals surface area contributed by atoms with Gasteiger partial charge < -0.3 is 19.1 Å². The van der Waals surface area contributed by atoms with Crippen LogP contribution < -0.4 is 0 Å². The summed E-state index contributed by atoms with van der Waals surface area (Å²) in [6, 6.07) is 0. The van der Waals surface area contributed by atoms with Gasteiger partial charge in [-0.15, -0.1) is 0 Å². The lowest BCUT2D eigenvalue weighted by Gasteiger charge is -2.39. The number of aromatic nitrogens is 2. The van der Waals surface area contributed by atoms with Crippen LogP contribution in [0.25, 0.3) is 0 Å². The number of nitrogens with zero attached hydrogens (tertiary/aromatic N) is 4. The van der Waals surface area contributed by atoms with Crippen LogP contribution in [0.15, 0.2) is 12.5 Å². The second-order valence-electron chi connectivity index (χ2n) is 7.83. The first-order valence-electron chi connectivity index (χ1n) is 9.27. The smallest absolute Gasteiger partial charge is 0.274 e. The molecule has 0 aromatic carbocycles. The zero-order valence-corrected chi connectivity index (χ0v) is 14.6. The van der Waals surface area contributed by atoms with Gasteiger partial charge in [0.2, 0.25) is 0 Å². The van der Waals surface area contributed by atoms with E-state index in [1.165, 1.54) is 25.9 Å². The van der Waals surface area contributed by atoms with E-state index >= 15 is 0 Å². The number of ether oxygens (including phenoxy) is 1. The molecule has 0 aliphatic carbocycles. The summed E-state index contributed by atoms with van der Waals surface area (Å²) in [7, 11) is 1.89. The average Bonchev–Trinajstić information content (AvgIpc) is 3.30. The third kappa shape index (κ3) is 3.22. The lowest BCUT2D eigenvalue weighted by atomic mass is 9.86. The summed E-state index contributed by atoms with van der Waals surface area (Å²) in [5.41, 5.74) is 0.425. The highest BCUT2D eigenvalue weighted by Gasteiger charge is 2.45. The van der Waals surface area contributed by atoms with Crippen LogP contribution in [0.5, 0.6) is 0 Å².